The highest BCUT2D eigenvalue weighted by atomic mass is 32.1. The van der Waals surface area contributed by atoms with E-state index in [0.29, 0.717) is 23.0 Å². The predicted molar refractivity (Wildman–Crippen MR) is 107 cm³/mol. The van der Waals surface area contributed by atoms with Crippen LogP contribution >= 0.6 is 11.3 Å². The van der Waals surface area contributed by atoms with Crippen molar-refractivity contribution in [2.24, 2.45) is 5.92 Å². The van der Waals surface area contributed by atoms with Gasteiger partial charge in [-0.3, -0.25) is 4.79 Å². The number of hydrogen-bond acceptors (Lipinski definition) is 4. The zero-order valence-corrected chi connectivity index (χ0v) is 16.0. The molecule has 0 aliphatic heterocycles. The molecule has 1 amide bonds. The zero-order valence-electron chi connectivity index (χ0n) is 15.2. The lowest BCUT2D eigenvalue weighted by atomic mass is 9.85. The van der Waals surface area contributed by atoms with Gasteiger partial charge >= 0.3 is 0 Å². The molecule has 0 unspecified atom stereocenters. The fraction of sp³-hybridized carbons (Fsp3) is 0.333. The van der Waals surface area contributed by atoms with Gasteiger partial charge in [-0.15, -0.1) is 11.3 Å². The summed E-state index contributed by atoms with van der Waals surface area (Å²) in [6.07, 6.45) is 4.38. The molecule has 0 saturated carbocycles. The van der Waals surface area contributed by atoms with Crippen LogP contribution < -0.4 is 11.1 Å². The minimum absolute atomic E-state index is 0.218. The third-order valence-electron chi connectivity index (χ3n) is 5.34. The summed E-state index contributed by atoms with van der Waals surface area (Å²) in [5.41, 5.74) is 10.0. The topological polar surface area (TPSA) is 68.0 Å². The first-order valence-corrected chi connectivity index (χ1v) is 10.1. The van der Waals surface area contributed by atoms with E-state index in [1.54, 1.807) is 12.1 Å². The molecule has 0 saturated heterocycles. The lowest BCUT2D eigenvalue weighted by Gasteiger charge is -2.22. The van der Waals surface area contributed by atoms with Gasteiger partial charge < -0.3 is 11.1 Å². The Labute approximate surface area is 161 Å². The third-order valence-corrected chi connectivity index (χ3v) is 6.45. The summed E-state index contributed by atoms with van der Waals surface area (Å²) in [5.74, 6) is 0.193. The van der Waals surface area contributed by atoms with Crippen LogP contribution in [-0.4, -0.2) is 10.9 Å². The molecular formula is C21H22FN3OS. The minimum Gasteiger partial charge on any atom is -0.397 e. The van der Waals surface area contributed by atoms with Crippen LogP contribution in [0.2, 0.25) is 0 Å². The predicted octanol–water partition coefficient (Wildman–Crippen LogP) is 4.46. The molecule has 1 aromatic carbocycles. The van der Waals surface area contributed by atoms with Gasteiger partial charge in [0.05, 0.1) is 5.69 Å². The molecule has 1 aliphatic rings. The van der Waals surface area contributed by atoms with Gasteiger partial charge in [-0.2, -0.15) is 0 Å². The third kappa shape index (κ3) is 3.54. The highest BCUT2D eigenvalue weighted by molar-refractivity contribution is 7.21. The molecule has 140 valence electrons. The van der Waals surface area contributed by atoms with Gasteiger partial charge in [-0.1, -0.05) is 25.5 Å². The number of rotatable bonds is 4. The van der Waals surface area contributed by atoms with Gasteiger partial charge in [0.15, 0.2) is 0 Å². The summed E-state index contributed by atoms with van der Waals surface area (Å²) in [6.45, 7) is 2.55. The number of carbonyl (C=O) groups excluding carboxylic acids is 1. The number of aryl methyl sites for hydroxylation is 1. The largest absolute Gasteiger partial charge is 0.397 e. The molecule has 0 fully saturated rings. The van der Waals surface area contributed by atoms with Gasteiger partial charge in [-0.25, -0.2) is 9.37 Å². The molecule has 0 radical (unpaired) electrons. The maximum atomic E-state index is 13.0. The van der Waals surface area contributed by atoms with Gasteiger partial charge in [0.2, 0.25) is 0 Å². The van der Waals surface area contributed by atoms with Crippen molar-refractivity contribution in [2.45, 2.75) is 39.2 Å². The first-order chi connectivity index (χ1) is 13.0. The van der Waals surface area contributed by atoms with Crippen molar-refractivity contribution >= 4 is 33.1 Å². The van der Waals surface area contributed by atoms with E-state index in [2.05, 4.69) is 18.3 Å². The molecular weight excluding hydrogens is 361 g/mol. The quantitative estimate of drug-likeness (QED) is 0.699. The second-order valence-corrected chi connectivity index (χ2v) is 8.12. The van der Waals surface area contributed by atoms with Crippen LogP contribution in [0.1, 0.15) is 46.3 Å². The van der Waals surface area contributed by atoms with E-state index in [1.165, 1.54) is 41.9 Å². The highest BCUT2D eigenvalue weighted by Gasteiger charge is 2.23. The Morgan fingerprint density at radius 2 is 2.15 bits per heavy atom. The number of benzene rings is 1. The van der Waals surface area contributed by atoms with Crippen LogP contribution in [0.15, 0.2) is 30.3 Å². The van der Waals surface area contributed by atoms with Crippen LogP contribution in [0, 0.1) is 11.7 Å². The summed E-state index contributed by atoms with van der Waals surface area (Å²) in [5, 5.41) is 3.74. The maximum Gasteiger partial charge on any atom is 0.263 e. The number of nitrogens with zero attached hydrogens (tertiary/aromatic N) is 1. The van der Waals surface area contributed by atoms with E-state index < -0.39 is 0 Å². The van der Waals surface area contributed by atoms with Crippen LogP contribution in [0.3, 0.4) is 0 Å². The number of pyridine rings is 1. The van der Waals surface area contributed by atoms with E-state index in [0.717, 1.165) is 34.3 Å². The number of nitrogens with two attached hydrogens (primary N) is 1. The fourth-order valence-corrected chi connectivity index (χ4v) is 4.66. The number of amides is 1. The van der Waals surface area contributed by atoms with Crippen molar-refractivity contribution in [1.82, 2.24) is 10.3 Å². The molecule has 4 nitrogen and oxygen atoms in total. The molecule has 2 aromatic heterocycles. The fourth-order valence-electron chi connectivity index (χ4n) is 3.65. The monoisotopic (exact) mass is 383 g/mol. The lowest BCUT2D eigenvalue weighted by molar-refractivity contribution is 0.0956. The first-order valence-electron chi connectivity index (χ1n) is 9.28. The molecule has 4 rings (SSSR count). The van der Waals surface area contributed by atoms with Crippen molar-refractivity contribution in [3.8, 4) is 0 Å². The number of carbonyl (C=O) groups is 1. The zero-order chi connectivity index (χ0) is 19.0. The Bertz CT molecular complexity index is 997. The average molecular weight is 383 g/mol. The summed E-state index contributed by atoms with van der Waals surface area (Å²) in [7, 11) is 0. The Balaban J connectivity index is 1.57. The summed E-state index contributed by atoms with van der Waals surface area (Å²) >= 11 is 1.34. The number of nitrogen functional groups attached to an aromatic ring is 1. The Kier molecular flexibility index (Phi) is 4.83. The second kappa shape index (κ2) is 7.27. The van der Waals surface area contributed by atoms with Crippen molar-refractivity contribution in [2.75, 3.05) is 5.73 Å². The van der Waals surface area contributed by atoms with Crippen molar-refractivity contribution in [3.05, 3.63) is 57.8 Å². The van der Waals surface area contributed by atoms with Gasteiger partial charge in [-0.05, 0) is 54.5 Å². The number of nitrogens with one attached hydrogen (secondary N) is 1. The summed E-state index contributed by atoms with van der Waals surface area (Å²) < 4.78 is 13.0. The van der Waals surface area contributed by atoms with Crippen molar-refractivity contribution < 1.29 is 9.18 Å². The van der Waals surface area contributed by atoms with E-state index in [-0.39, 0.29) is 11.7 Å². The first kappa shape index (κ1) is 17.9. The van der Waals surface area contributed by atoms with E-state index in [9.17, 15) is 9.18 Å². The standard InChI is InChI=1S/C21H22FN3OS/c1-2-12-5-8-17-14(9-12)10-16-18(23)19(27-21(16)25-17)20(26)24-11-13-3-6-15(22)7-4-13/h3-4,6-7,10,12H,2,5,8-9,11,23H2,1H3,(H,24,26)/t12-/m0/s1. The highest BCUT2D eigenvalue weighted by Crippen LogP contribution is 2.36. The molecule has 3 aromatic rings. The molecule has 1 atom stereocenters. The Morgan fingerprint density at radius 3 is 2.89 bits per heavy atom. The Hall–Kier alpha value is -2.47. The van der Waals surface area contributed by atoms with Gasteiger partial charge in [0.25, 0.3) is 5.91 Å². The molecule has 1 aliphatic carbocycles. The van der Waals surface area contributed by atoms with Crippen LogP contribution in [0.4, 0.5) is 10.1 Å². The summed E-state index contributed by atoms with van der Waals surface area (Å²) in [6, 6.07) is 8.20. The molecule has 2 heterocycles. The number of hydrogen-bond donors (Lipinski definition) is 2. The SMILES string of the molecule is CC[C@H]1CCc2nc3sc(C(=O)NCc4ccc(F)cc4)c(N)c3cc2C1. The number of fused-ring (bicyclic) bond motifs is 2. The number of halogens is 1. The van der Waals surface area contributed by atoms with Crippen molar-refractivity contribution in [3.63, 3.8) is 0 Å². The number of anilines is 1. The maximum absolute atomic E-state index is 13.0. The molecule has 0 spiro atoms. The molecule has 3 N–H and O–H groups in total. The number of thiophene rings is 1. The minimum atomic E-state index is -0.292. The average Bonchev–Trinajstić information content (AvgIpc) is 3.01. The Morgan fingerprint density at radius 1 is 1.37 bits per heavy atom. The second-order valence-electron chi connectivity index (χ2n) is 7.12. The van der Waals surface area contributed by atoms with Crippen molar-refractivity contribution in [1.29, 1.82) is 0 Å². The molecule has 0 bridgehead atoms. The molecule has 27 heavy (non-hydrogen) atoms. The normalized spacial score (nSPS) is 16.3. The van der Waals surface area contributed by atoms with Crippen LogP contribution in [0.25, 0.3) is 10.2 Å². The number of aromatic nitrogens is 1. The van der Waals surface area contributed by atoms with Crippen LogP contribution in [-0.2, 0) is 19.4 Å². The smallest absolute Gasteiger partial charge is 0.263 e. The van der Waals surface area contributed by atoms with E-state index in [4.69, 9.17) is 10.7 Å². The lowest BCUT2D eigenvalue weighted by Crippen LogP contribution is -2.22. The van der Waals surface area contributed by atoms with Gasteiger partial charge in [0, 0.05) is 17.6 Å². The van der Waals surface area contributed by atoms with Gasteiger partial charge in [0.1, 0.15) is 15.5 Å². The summed E-state index contributed by atoms with van der Waals surface area (Å²) in [4.78, 5) is 18.7. The van der Waals surface area contributed by atoms with Crippen LogP contribution in [0.5, 0.6) is 0 Å². The van der Waals surface area contributed by atoms with E-state index >= 15 is 0 Å². The molecule has 6 heteroatoms. The van der Waals surface area contributed by atoms with E-state index in [1.807, 2.05) is 0 Å².